The van der Waals surface area contributed by atoms with E-state index in [4.69, 9.17) is 14.2 Å². The van der Waals surface area contributed by atoms with Crippen LogP contribution in [0.25, 0.3) is 0 Å². The van der Waals surface area contributed by atoms with Gasteiger partial charge < -0.3 is 14.2 Å². The van der Waals surface area contributed by atoms with E-state index in [0.29, 0.717) is 19.3 Å². The van der Waals surface area contributed by atoms with Gasteiger partial charge in [0.2, 0.25) is 0 Å². The lowest BCUT2D eigenvalue weighted by Crippen LogP contribution is -2.50. The van der Waals surface area contributed by atoms with Crippen LogP contribution in [0.3, 0.4) is 0 Å². The summed E-state index contributed by atoms with van der Waals surface area (Å²) in [5.41, 5.74) is -0.181. The number of unbranched alkanes of at least 4 members (excludes halogenated alkanes) is 3. The molecule has 1 rings (SSSR count). The van der Waals surface area contributed by atoms with Crippen LogP contribution in [0.5, 0.6) is 0 Å². The number of rotatable bonds is 11. The molecular weight excluding hydrogens is 350 g/mol. The SMILES string of the molecule is CCCCOC(=O)c1ccc[n+](C(=O)OCCCC)c1C(=O)OCCCC. The lowest BCUT2D eigenvalue weighted by molar-refractivity contribution is -0.589. The number of carbonyl (C=O) groups excluding carboxylic acids is 3. The van der Waals surface area contributed by atoms with Crippen LogP contribution in [0.1, 0.15) is 80.1 Å². The third kappa shape index (κ3) is 7.37. The second-order valence-electron chi connectivity index (χ2n) is 6.09. The molecule has 1 aromatic rings. The topological polar surface area (TPSA) is 82.8 Å². The number of ether oxygens (including phenoxy) is 3. The van der Waals surface area contributed by atoms with Gasteiger partial charge in [-0.05, 0) is 25.3 Å². The van der Waals surface area contributed by atoms with E-state index in [9.17, 15) is 14.4 Å². The minimum absolute atomic E-state index is 0.0115. The van der Waals surface area contributed by atoms with Crippen molar-refractivity contribution < 1.29 is 33.2 Å². The Hall–Kier alpha value is -2.44. The smallest absolute Gasteiger partial charge is 0.462 e. The van der Waals surface area contributed by atoms with Gasteiger partial charge in [0.15, 0.2) is 6.20 Å². The van der Waals surface area contributed by atoms with Gasteiger partial charge in [-0.1, -0.05) is 44.6 Å². The lowest BCUT2D eigenvalue weighted by atomic mass is 10.2. The molecule has 1 heterocycles. The summed E-state index contributed by atoms with van der Waals surface area (Å²) in [7, 11) is 0. The van der Waals surface area contributed by atoms with Crippen molar-refractivity contribution in [1.82, 2.24) is 0 Å². The van der Waals surface area contributed by atoms with Crippen molar-refractivity contribution in [3.05, 3.63) is 29.6 Å². The summed E-state index contributed by atoms with van der Waals surface area (Å²) >= 11 is 0. The second-order valence-corrected chi connectivity index (χ2v) is 6.09. The molecule has 0 aliphatic carbocycles. The second kappa shape index (κ2) is 12.8. The Morgan fingerprint density at radius 1 is 0.815 bits per heavy atom. The van der Waals surface area contributed by atoms with Gasteiger partial charge >= 0.3 is 23.7 Å². The van der Waals surface area contributed by atoms with Gasteiger partial charge in [-0.3, -0.25) is 0 Å². The number of carbonyl (C=O) groups is 3. The molecule has 0 unspecified atom stereocenters. The average molecular weight is 380 g/mol. The summed E-state index contributed by atoms with van der Waals surface area (Å²) in [6.07, 6.45) is 5.37. The summed E-state index contributed by atoms with van der Waals surface area (Å²) in [4.78, 5) is 37.4. The third-order valence-electron chi connectivity index (χ3n) is 3.79. The number of pyridine rings is 1. The minimum atomic E-state index is -0.751. The number of aromatic nitrogens is 1. The van der Waals surface area contributed by atoms with E-state index in [2.05, 4.69) is 0 Å². The number of esters is 2. The predicted octanol–water partition coefficient (Wildman–Crippen LogP) is 3.67. The Labute approximate surface area is 160 Å². The molecule has 0 fully saturated rings. The average Bonchev–Trinajstić information content (AvgIpc) is 2.67. The fraction of sp³-hybridized carbons (Fsp3) is 0.600. The highest BCUT2D eigenvalue weighted by atomic mass is 16.6. The maximum atomic E-state index is 12.6. The van der Waals surface area contributed by atoms with Crippen molar-refractivity contribution in [3.63, 3.8) is 0 Å². The number of nitrogens with zero attached hydrogens (tertiary/aromatic N) is 1. The normalized spacial score (nSPS) is 10.3. The van der Waals surface area contributed by atoms with E-state index in [1.54, 1.807) is 0 Å². The molecule has 0 bridgehead atoms. The molecule has 7 heteroatoms. The molecular formula is C20H30NO6+. The fourth-order valence-electron chi connectivity index (χ4n) is 2.17. The third-order valence-corrected chi connectivity index (χ3v) is 3.79. The molecule has 0 aliphatic rings. The minimum Gasteiger partial charge on any atom is -0.462 e. The van der Waals surface area contributed by atoms with Crippen LogP contribution in [-0.2, 0) is 14.2 Å². The first kappa shape index (κ1) is 22.6. The van der Waals surface area contributed by atoms with Crippen LogP contribution in [0, 0.1) is 0 Å². The molecule has 0 saturated heterocycles. The highest BCUT2D eigenvalue weighted by Gasteiger charge is 2.35. The van der Waals surface area contributed by atoms with E-state index >= 15 is 0 Å². The van der Waals surface area contributed by atoms with Gasteiger partial charge in [-0.25, -0.2) is 9.59 Å². The summed E-state index contributed by atoms with van der Waals surface area (Å²) in [5.74, 6) is -1.42. The highest BCUT2D eigenvalue weighted by molar-refractivity contribution is 6.01. The van der Waals surface area contributed by atoms with Crippen LogP contribution in [0.15, 0.2) is 18.3 Å². The Balaban J connectivity index is 3.12. The molecule has 0 N–H and O–H groups in total. The van der Waals surface area contributed by atoms with Gasteiger partial charge in [-0.15, -0.1) is 0 Å². The van der Waals surface area contributed by atoms with Crippen molar-refractivity contribution in [3.8, 4) is 0 Å². The maximum Gasteiger partial charge on any atom is 0.602 e. The van der Waals surface area contributed by atoms with E-state index < -0.39 is 18.0 Å². The number of hydrogen-bond donors (Lipinski definition) is 0. The standard InChI is InChI=1S/C20H30NO6/c1-4-7-13-25-18(22)16-11-10-12-21(20(24)27-15-9-6-3)17(16)19(23)26-14-8-5-2/h10-12H,4-9,13-15H2,1-3H3/q+1. The summed E-state index contributed by atoms with van der Waals surface area (Å²) in [5, 5.41) is 0. The molecule has 0 spiro atoms. The first-order valence-corrected chi connectivity index (χ1v) is 9.62. The van der Waals surface area contributed by atoms with Gasteiger partial charge in [0.25, 0.3) is 0 Å². The summed E-state index contributed by atoms with van der Waals surface area (Å²) in [6.45, 7) is 6.61. The largest absolute Gasteiger partial charge is 0.602 e. The summed E-state index contributed by atoms with van der Waals surface area (Å²) < 4.78 is 16.6. The molecule has 1 aromatic heterocycles. The van der Waals surface area contributed by atoms with Crippen molar-refractivity contribution in [2.24, 2.45) is 0 Å². The molecule has 150 valence electrons. The molecule has 0 amide bonds. The Bertz CT molecular complexity index is 589. The maximum absolute atomic E-state index is 12.6. The van der Waals surface area contributed by atoms with Crippen molar-refractivity contribution >= 4 is 18.0 Å². The molecule has 0 atom stereocenters. The van der Waals surface area contributed by atoms with Gasteiger partial charge in [-0.2, -0.15) is 4.79 Å². The van der Waals surface area contributed by atoms with E-state index in [1.165, 1.54) is 18.3 Å². The first-order chi connectivity index (χ1) is 13.1. The predicted molar refractivity (Wildman–Crippen MR) is 98.7 cm³/mol. The Morgan fingerprint density at radius 3 is 1.89 bits per heavy atom. The zero-order chi connectivity index (χ0) is 20.1. The van der Waals surface area contributed by atoms with E-state index in [0.717, 1.165) is 23.8 Å². The van der Waals surface area contributed by atoms with Crippen molar-refractivity contribution in [2.45, 2.75) is 59.3 Å². The molecule has 0 saturated carbocycles. The Kier molecular flexibility index (Phi) is 10.7. The molecule has 0 aliphatic heterocycles. The fourth-order valence-corrected chi connectivity index (χ4v) is 2.17. The first-order valence-electron chi connectivity index (χ1n) is 9.62. The molecule has 0 radical (unpaired) electrons. The van der Waals surface area contributed by atoms with Crippen LogP contribution < -0.4 is 4.57 Å². The molecule has 0 aromatic carbocycles. The lowest BCUT2D eigenvalue weighted by Gasteiger charge is -2.08. The molecule has 27 heavy (non-hydrogen) atoms. The Morgan fingerprint density at radius 2 is 1.33 bits per heavy atom. The van der Waals surface area contributed by atoms with Crippen LogP contribution in [-0.4, -0.2) is 37.9 Å². The van der Waals surface area contributed by atoms with Crippen molar-refractivity contribution in [2.75, 3.05) is 19.8 Å². The van der Waals surface area contributed by atoms with Crippen LogP contribution in [0.2, 0.25) is 0 Å². The van der Waals surface area contributed by atoms with Crippen molar-refractivity contribution in [1.29, 1.82) is 0 Å². The van der Waals surface area contributed by atoms with Gasteiger partial charge in [0.1, 0.15) is 5.56 Å². The quantitative estimate of drug-likeness (QED) is 0.252. The monoisotopic (exact) mass is 380 g/mol. The van der Waals surface area contributed by atoms with E-state index in [-0.39, 0.29) is 31.1 Å². The number of hydrogen-bond acceptors (Lipinski definition) is 6. The zero-order valence-electron chi connectivity index (χ0n) is 16.5. The van der Waals surface area contributed by atoms with E-state index in [1.807, 2.05) is 20.8 Å². The van der Waals surface area contributed by atoms with Crippen LogP contribution >= 0.6 is 0 Å². The van der Waals surface area contributed by atoms with Gasteiger partial charge in [0.05, 0.1) is 19.8 Å². The van der Waals surface area contributed by atoms with Crippen LogP contribution in [0.4, 0.5) is 4.79 Å². The summed E-state index contributed by atoms with van der Waals surface area (Å²) in [6, 6.07) is 2.95. The molecule has 7 nitrogen and oxygen atoms in total. The zero-order valence-corrected chi connectivity index (χ0v) is 16.5. The van der Waals surface area contributed by atoms with Gasteiger partial charge in [0, 0.05) is 6.07 Å². The highest BCUT2D eigenvalue weighted by Crippen LogP contribution is 2.10.